The fraction of sp³-hybridized carbons (Fsp3) is 0.111. The Morgan fingerprint density at radius 2 is 1.96 bits per heavy atom. The van der Waals surface area contributed by atoms with Gasteiger partial charge in [-0.25, -0.2) is 4.90 Å². The summed E-state index contributed by atoms with van der Waals surface area (Å²) in [5, 5.41) is 9.68. The monoisotopic (exact) mass is 467 g/mol. The van der Waals surface area contributed by atoms with Gasteiger partial charge in [0.1, 0.15) is 0 Å². The van der Waals surface area contributed by atoms with Crippen molar-refractivity contribution in [3.63, 3.8) is 0 Å². The molecule has 1 aliphatic rings. The number of amides is 2. The average molecular weight is 467 g/mol. The number of rotatable bonds is 4. The van der Waals surface area contributed by atoms with Crippen molar-refractivity contribution in [1.82, 2.24) is 0 Å². The lowest BCUT2D eigenvalue weighted by Gasteiger charge is -2.11. The molecule has 1 N–H and O–H groups in total. The SMILES string of the molecule is CCOc1cc(/C=C2\SC(=O)N(c3ccccc3)C2=O)cc(I)c1O. The maximum Gasteiger partial charge on any atom is 0.298 e. The second kappa shape index (κ2) is 7.49. The number of hydrogen-bond donors (Lipinski definition) is 1. The van der Waals surface area contributed by atoms with Crippen molar-refractivity contribution in [3.8, 4) is 11.5 Å². The van der Waals surface area contributed by atoms with Crippen molar-refractivity contribution >= 4 is 57.3 Å². The molecule has 0 bridgehead atoms. The van der Waals surface area contributed by atoms with Gasteiger partial charge < -0.3 is 9.84 Å². The predicted octanol–water partition coefficient (Wildman–Crippen LogP) is 4.64. The van der Waals surface area contributed by atoms with Crippen molar-refractivity contribution in [3.05, 3.63) is 56.5 Å². The van der Waals surface area contributed by atoms with Crippen LogP contribution in [-0.4, -0.2) is 22.9 Å². The Morgan fingerprint density at radius 1 is 1.24 bits per heavy atom. The lowest BCUT2D eigenvalue weighted by molar-refractivity contribution is -0.113. The van der Waals surface area contributed by atoms with E-state index < -0.39 is 0 Å². The second-order valence-corrected chi connectivity index (χ2v) is 7.29. The number of imide groups is 1. The number of carbonyl (C=O) groups is 2. The number of carbonyl (C=O) groups excluding carboxylic acids is 2. The fourth-order valence-electron chi connectivity index (χ4n) is 2.36. The molecule has 1 heterocycles. The number of benzene rings is 2. The van der Waals surface area contributed by atoms with Crippen LogP contribution in [0.5, 0.6) is 11.5 Å². The summed E-state index contributed by atoms with van der Waals surface area (Å²) in [4.78, 5) is 26.3. The number of phenols is 1. The molecule has 2 aromatic carbocycles. The molecule has 0 radical (unpaired) electrons. The molecule has 1 aliphatic heterocycles. The summed E-state index contributed by atoms with van der Waals surface area (Å²) in [5.74, 6) is 0.0576. The van der Waals surface area contributed by atoms with Gasteiger partial charge in [-0.1, -0.05) is 18.2 Å². The Balaban J connectivity index is 1.95. The predicted molar refractivity (Wildman–Crippen MR) is 107 cm³/mol. The summed E-state index contributed by atoms with van der Waals surface area (Å²) >= 11 is 2.89. The first-order valence-corrected chi connectivity index (χ1v) is 9.39. The molecular formula is C18H14INO4S. The summed E-state index contributed by atoms with van der Waals surface area (Å²) in [6.07, 6.45) is 1.64. The van der Waals surface area contributed by atoms with Gasteiger partial charge in [0.05, 0.1) is 20.8 Å². The average Bonchev–Trinajstić information content (AvgIpc) is 2.87. The lowest BCUT2D eigenvalue weighted by atomic mass is 10.2. The number of hydrogen-bond acceptors (Lipinski definition) is 5. The lowest BCUT2D eigenvalue weighted by Crippen LogP contribution is -2.27. The smallest absolute Gasteiger partial charge is 0.298 e. The number of para-hydroxylation sites is 1. The molecular weight excluding hydrogens is 453 g/mol. The normalized spacial score (nSPS) is 15.9. The van der Waals surface area contributed by atoms with Crippen LogP contribution in [0.3, 0.4) is 0 Å². The highest BCUT2D eigenvalue weighted by molar-refractivity contribution is 14.1. The summed E-state index contributed by atoms with van der Waals surface area (Å²) in [6, 6.07) is 12.2. The van der Waals surface area contributed by atoms with Crippen LogP contribution in [0.15, 0.2) is 47.4 Å². The molecule has 0 atom stereocenters. The van der Waals surface area contributed by atoms with E-state index in [1.165, 1.54) is 0 Å². The number of aromatic hydroxyl groups is 1. The molecule has 7 heteroatoms. The van der Waals surface area contributed by atoms with Gasteiger partial charge in [0.15, 0.2) is 11.5 Å². The minimum absolute atomic E-state index is 0.0667. The van der Waals surface area contributed by atoms with Crippen LogP contribution in [0, 0.1) is 3.57 Å². The molecule has 1 fully saturated rings. The number of nitrogens with zero attached hydrogens (tertiary/aromatic N) is 1. The van der Waals surface area contributed by atoms with Gasteiger partial charge in [-0.2, -0.15) is 0 Å². The first-order valence-electron chi connectivity index (χ1n) is 7.49. The molecule has 0 saturated carbocycles. The van der Waals surface area contributed by atoms with E-state index >= 15 is 0 Å². The molecule has 1 saturated heterocycles. The van der Waals surface area contributed by atoms with Crippen LogP contribution in [0.2, 0.25) is 0 Å². The number of phenolic OH excluding ortho intramolecular Hbond substituents is 1. The van der Waals surface area contributed by atoms with Crippen molar-refractivity contribution in [2.45, 2.75) is 6.92 Å². The van der Waals surface area contributed by atoms with Gasteiger partial charge in [0.2, 0.25) is 0 Å². The van der Waals surface area contributed by atoms with Crippen molar-refractivity contribution in [2.24, 2.45) is 0 Å². The quantitative estimate of drug-likeness (QED) is 0.525. The molecule has 3 rings (SSSR count). The van der Waals surface area contributed by atoms with Crippen LogP contribution < -0.4 is 9.64 Å². The second-order valence-electron chi connectivity index (χ2n) is 5.14. The minimum Gasteiger partial charge on any atom is -0.504 e. The molecule has 128 valence electrons. The van der Waals surface area contributed by atoms with Crippen LogP contribution in [0.25, 0.3) is 6.08 Å². The van der Waals surface area contributed by atoms with Gasteiger partial charge in [-0.05, 0) is 77.2 Å². The fourth-order valence-corrected chi connectivity index (χ4v) is 3.83. The van der Waals surface area contributed by atoms with Crippen LogP contribution >= 0.6 is 34.4 Å². The highest BCUT2D eigenvalue weighted by Gasteiger charge is 2.36. The van der Waals surface area contributed by atoms with E-state index in [-0.39, 0.29) is 16.9 Å². The summed E-state index contributed by atoms with van der Waals surface area (Å²) in [6.45, 7) is 2.24. The zero-order chi connectivity index (χ0) is 18.0. The first kappa shape index (κ1) is 17.8. The molecule has 25 heavy (non-hydrogen) atoms. The first-order chi connectivity index (χ1) is 12.0. The largest absolute Gasteiger partial charge is 0.504 e. The van der Waals surface area contributed by atoms with Crippen LogP contribution in [0.4, 0.5) is 10.5 Å². The maximum atomic E-state index is 12.6. The van der Waals surface area contributed by atoms with E-state index in [2.05, 4.69) is 0 Å². The van der Waals surface area contributed by atoms with Crippen molar-refractivity contribution in [2.75, 3.05) is 11.5 Å². The number of thioether (sulfide) groups is 1. The van der Waals surface area contributed by atoms with Gasteiger partial charge in [0, 0.05) is 0 Å². The van der Waals surface area contributed by atoms with E-state index in [1.807, 2.05) is 35.6 Å². The van der Waals surface area contributed by atoms with E-state index in [9.17, 15) is 14.7 Å². The van der Waals surface area contributed by atoms with Crippen molar-refractivity contribution < 1.29 is 19.4 Å². The van der Waals surface area contributed by atoms with E-state index in [4.69, 9.17) is 4.74 Å². The van der Waals surface area contributed by atoms with Gasteiger partial charge in [-0.15, -0.1) is 0 Å². The number of halogens is 1. The molecule has 0 aromatic heterocycles. The van der Waals surface area contributed by atoms with E-state index in [0.29, 0.717) is 32.1 Å². The van der Waals surface area contributed by atoms with Gasteiger partial charge >= 0.3 is 0 Å². The van der Waals surface area contributed by atoms with Crippen LogP contribution in [-0.2, 0) is 4.79 Å². The highest BCUT2D eigenvalue weighted by Crippen LogP contribution is 2.38. The molecule has 0 spiro atoms. The Hall–Kier alpha value is -2.00. The Labute approximate surface area is 162 Å². The van der Waals surface area contributed by atoms with Gasteiger partial charge in [0.25, 0.3) is 11.1 Å². The maximum absolute atomic E-state index is 12.6. The summed E-state index contributed by atoms with van der Waals surface area (Å²) < 4.78 is 6.02. The molecule has 0 unspecified atom stereocenters. The zero-order valence-corrected chi connectivity index (χ0v) is 16.2. The third-order valence-corrected chi connectivity index (χ3v) is 5.15. The Kier molecular flexibility index (Phi) is 5.33. The number of ether oxygens (including phenoxy) is 1. The Bertz CT molecular complexity index is 867. The zero-order valence-electron chi connectivity index (χ0n) is 13.2. The Morgan fingerprint density at radius 3 is 2.64 bits per heavy atom. The summed E-state index contributed by atoms with van der Waals surface area (Å²) in [5.41, 5.74) is 1.23. The van der Waals surface area contributed by atoms with Crippen LogP contribution in [0.1, 0.15) is 12.5 Å². The summed E-state index contributed by atoms with van der Waals surface area (Å²) in [7, 11) is 0. The number of anilines is 1. The molecule has 2 amide bonds. The standard InChI is InChI=1S/C18H14INO4S/c1-2-24-14-9-11(8-13(19)16(14)21)10-15-17(22)20(18(23)25-15)12-6-4-3-5-7-12/h3-10,21H,2H2,1H3/b15-10-. The third-order valence-electron chi connectivity index (χ3n) is 3.46. The molecule has 2 aromatic rings. The van der Waals surface area contributed by atoms with E-state index in [0.717, 1.165) is 16.7 Å². The molecule has 5 nitrogen and oxygen atoms in total. The third kappa shape index (κ3) is 3.67. The van der Waals surface area contributed by atoms with Gasteiger partial charge in [-0.3, -0.25) is 9.59 Å². The minimum atomic E-state index is -0.359. The topological polar surface area (TPSA) is 66.8 Å². The van der Waals surface area contributed by atoms with E-state index in [1.54, 1.807) is 42.5 Å². The molecule has 0 aliphatic carbocycles. The van der Waals surface area contributed by atoms with Crippen molar-refractivity contribution in [1.29, 1.82) is 0 Å². The highest BCUT2D eigenvalue weighted by atomic mass is 127.